The first-order chi connectivity index (χ1) is 14.9. The zero-order valence-corrected chi connectivity index (χ0v) is 18.3. The summed E-state index contributed by atoms with van der Waals surface area (Å²) < 4.78 is 14.0. The van der Waals surface area contributed by atoms with E-state index >= 15 is 0 Å². The number of ketones is 1. The van der Waals surface area contributed by atoms with Gasteiger partial charge in [-0.1, -0.05) is 17.7 Å². The minimum atomic E-state index is -0.513. The van der Waals surface area contributed by atoms with Gasteiger partial charge in [-0.3, -0.25) is 19.5 Å². The normalized spacial score (nSPS) is 13.7. The van der Waals surface area contributed by atoms with Crippen molar-refractivity contribution in [2.75, 3.05) is 6.54 Å². The van der Waals surface area contributed by atoms with Crippen molar-refractivity contribution in [2.45, 2.75) is 32.4 Å². The number of rotatable bonds is 7. The molecule has 0 radical (unpaired) electrons. The van der Waals surface area contributed by atoms with E-state index in [0.717, 1.165) is 23.5 Å². The molecular formula is C23H21ClFN3O2S. The predicted molar refractivity (Wildman–Crippen MR) is 119 cm³/mol. The highest BCUT2D eigenvalue weighted by atomic mass is 35.5. The lowest BCUT2D eigenvalue weighted by atomic mass is 9.98. The van der Waals surface area contributed by atoms with E-state index in [4.69, 9.17) is 17.3 Å². The summed E-state index contributed by atoms with van der Waals surface area (Å²) in [7, 11) is 0. The molecule has 3 heterocycles. The zero-order chi connectivity index (χ0) is 22.0. The molecule has 8 heteroatoms. The van der Waals surface area contributed by atoms with E-state index in [1.54, 1.807) is 18.5 Å². The van der Waals surface area contributed by atoms with E-state index in [2.05, 4.69) is 9.88 Å². The number of nitrogens with zero attached hydrogens (tertiary/aromatic N) is 2. The van der Waals surface area contributed by atoms with Gasteiger partial charge in [-0.15, -0.1) is 11.3 Å². The van der Waals surface area contributed by atoms with Crippen LogP contribution in [0.1, 0.15) is 36.8 Å². The molecule has 1 aliphatic rings. The lowest BCUT2D eigenvalue weighted by Gasteiger charge is -2.27. The van der Waals surface area contributed by atoms with Gasteiger partial charge in [0.2, 0.25) is 5.91 Å². The van der Waals surface area contributed by atoms with Crippen LogP contribution >= 0.6 is 22.9 Å². The topological polar surface area (TPSA) is 76.3 Å². The number of benzene rings is 1. The van der Waals surface area contributed by atoms with Crippen molar-refractivity contribution in [3.05, 3.63) is 85.6 Å². The van der Waals surface area contributed by atoms with Crippen LogP contribution in [0.15, 0.2) is 42.7 Å². The Hall–Kier alpha value is -2.61. The monoisotopic (exact) mass is 457 g/mol. The third-order valence-electron chi connectivity index (χ3n) is 5.37. The van der Waals surface area contributed by atoms with Crippen LogP contribution < -0.4 is 5.73 Å². The minimum absolute atomic E-state index is 0.0576. The van der Waals surface area contributed by atoms with Crippen LogP contribution in [-0.2, 0) is 37.1 Å². The van der Waals surface area contributed by atoms with Gasteiger partial charge in [0.1, 0.15) is 11.6 Å². The first-order valence-corrected chi connectivity index (χ1v) is 11.1. The third kappa shape index (κ3) is 5.01. The Balaban J connectivity index is 1.51. The first-order valence-electron chi connectivity index (χ1n) is 9.91. The standard InChI is InChI=1S/C23H21ClFN3O2S/c24-16-2-1-15(19(25)10-16)9-17(29)11-20-22(23(26)30)18-5-8-28(13-21(18)31-20)12-14-3-6-27-7-4-14/h1-4,6-7,10H,5,8-9,11-13H2,(H2,26,30). The smallest absolute Gasteiger partial charge is 0.250 e. The molecular weight excluding hydrogens is 437 g/mol. The number of fused-ring (bicyclic) bond motifs is 1. The van der Waals surface area contributed by atoms with Gasteiger partial charge in [0.15, 0.2) is 0 Å². The molecule has 2 aromatic heterocycles. The summed E-state index contributed by atoms with van der Waals surface area (Å²) in [5, 5.41) is 0.284. The summed E-state index contributed by atoms with van der Waals surface area (Å²) in [5.41, 5.74) is 8.55. The fraction of sp³-hybridized carbons (Fsp3) is 0.261. The highest BCUT2D eigenvalue weighted by Crippen LogP contribution is 2.34. The van der Waals surface area contributed by atoms with E-state index in [1.807, 2.05) is 12.1 Å². The van der Waals surface area contributed by atoms with Crippen molar-refractivity contribution in [2.24, 2.45) is 5.73 Å². The number of pyridine rings is 1. The molecule has 0 spiro atoms. The number of halogens is 2. The number of amides is 1. The van der Waals surface area contributed by atoms with Gasteiger partial charge in [-0.2, -0.15) is 0 Å². The van der Waals surface area contributed by atoms with Crippen LogP contribution in [0.3, 0.4) is 0 Å². The number of carbonyl (C=O) groups excluding carboxylic acids is 2. The number of hydrogen-bond donors (Lipinski definition) is 1. The summed E-state index contributed by atoms with van der Waals surface area (Å²) in [5.74, 6) is -1.19. The molecule has 0 fully saturated rings. The summed E-state index contributed by atoms with van der Waals surface area (Å²) in [6.07, 6.45) is 4.25. The molecule has 31 heavy (non-hydrogen) atoms. The van der Waals surface area contributed by atoms with Crippen LogP contribution in [0.2, 0.25) is 5.02 Å². The molecule has 4 rings (SSSR count). The largest absolute Gasteiger partial charge is 0.366 e. The Kier molecular flexibility index (Phi) is 6.46. The number of carbonyl (C=O) groups is 2. The highest BCUT2D eigenvalue weighted by Gasteiger charge is 2.27. The van der Waals surface area contributed by atoms with Crippen molar-refractivity contribution in [1.29, 1.82) is 0 Å². The molecule has 0 bridgehead atoms. The molecule has 3 aromatic rings. The number of nitrogens with two attached hydrogens (primary N) is 1. The van der Waals surface area contributed by atoms with Crippen LogP contribution in [-0.4, -0.2) is 28.1 Å². The van der Waals surface area contributed by atoms with Gasteiger partial charge in [0.05, 0.1) is 5.56 Å². The maximum absolute atomic E-state index is 14.0. The molecule has 0 unspecified atom stereocenters. The molecule has 0 saturated heterocycles. The first kappa shape index (κ1) is 21.6. The highest BCUT2D eigenvalue weighted by molar-refractivity contribution is 7.12. The predicted octanol–water partition coefficient (Wildman–Crippen LogP) is 3.95. The summed E-state index contributed by atoms with van der Waals surface area (Å²) >= 11 is 7.24. The van der Waals surface area contributed by atoms with Crippen molar-refractivity contribution in [3.8, 4) is 0 Å². The number of primary amides is 1. The Bertz CT molecular complexity index is 1130. The van der Waals surface area contributed by atoms with Crippen molar-refractivity contribution in [3.63, 3.8) is 0 Å². The SMILES string of the molecule is NC(=O)c1c(CC(=O)Cc2ccc(Cl)cc2F)sc2c1CCN(Cc1ccncc1)C2. The van der Waals surface area contributed by atoms with Gasteiger partial charge in [-0.05, 0) is 47.4 Å². The molecule has 2 N–H and O–H groups in total. The maximum Gasteiger partial charge on any atom is 0.250 e. The second kappa shape index (κ2) is 9.26. The lowest BCUT2D eigenvalue weighted by Crippen LogP contribution is -2.30. The van der Waals surface area contributed by atoms with Crippen molar-refractivity contribution in [1.82, 2.24) is 9.88 Å². The molecule has 1 amide bonds. The molecule has 5 nitrogen and oxygen atoms in total. The Labute approximate surface area is 188 Å². The molecule has 0 aliphatic carbocycles. The fourth-order valence-electron chi connectivity index (χ4n) is 3.92. The quantitative estimate of drug-likeness (QED) is 0.583. The van der Waals surface area contributed by atoms with Crippen molar-refractivity contribution < 1.29 is 14.0 Å². The fourth-order valence-corrected chi connectivity index (χ4v) is 5.51. The minimum Gasteiger partial charge on any atom is -0.366 e. The van der Waals surface area contributed by atoms with Gasteiger partial charge >= 0.3 is 0 Å². The number of Topliss-reactive ketones (excluding diaryl/α,β-unsaturated/α-hetero) is 1. The Morgan fingerprint density at radius 3 is 2.68 bits per heavy atom. The number of hydrogen-bond acceptors (Lipinski definition) is 5. The van der Waals surface area contributed by atoms with E-state index < -0.39 is 11.7 Å². The second-order valence-electron chi connectivity index (χ2n) is 7.61. The third-order valence-corrected chi connectivity index (χ3v) is 6.82. The molecule has 0 atom stereocenters. The Morgan fingerprint density at radius 2 is 1.97 bits per heavy atom. The van der Waals surface area contributed by atoms with Crippen LogP contribution in [0, 0.1) is 5.82 Å². The summed E-state index contributed by atoms with van der Waals surface area (Å²) in [4.78, 5) is 32.9. The van der Waals surface area contributed by atoms with E-state index in [0.29, 0.717) is 29.0 Å². The van der Waals surface area contributed by atoms with Gasteiger partial charge < -0.3 is 5.73 Å². The average Bonchev–Trinajstić information content (AvgIpc) is 3.08. The van der Waals surface area contributed by atoms with E-state index in [-0.39, 0.29) is 23.6 Å². The molecule has 160 valence electrons. The molecule has 0 saturated carbocycles. The van der Waals surface area contributed by atoms with E-state index in [9.17, 15) is 14.0 Å². The second-order valence-corrected chi connectivity index (χ2v) is 9.24. The lowest BCUT2D eigenvalue weighted by molar-refractivity contribution is -0.117. The zero-order valence-electron chi connectivity index (χ0n) is 16.7. The maximum atomic E-state index is 14.0. The molecule has 1 aliphatic heterocycles. The number of thiophene rings is 1. The van der Waals surface area contributed by atoms with Gasteiger partial charge in [0.25, 0.3) is 0 Å². The summed E-state index contributed by atoms with van der Waals surface area (Å²) in [6.45, 7) is 2.29. The van der Waals surface area contributed by atoms with Gasteiger partial charge in [0, 0.05) is 59.6 Å². The average molecular weight is 458 g/mol. The van der Waals surface area contributed by atoms with Crippen molar-refractivity contribution >= 4 is 34.6 Å². The van der Waals surface area contributed by atoms with E-state index in [1.165, 1.54) is 29.0 Å². The van der Waals surface area contributed by atoms with Crippen LogP contribution in [0.4, 0.5) is 4.39 Å². The van der Waals surface area contributed by atoms with Crippen LogP contribution in [0.25, 0.3) is 0 Å². The Morgan fingerprint density at radius 1 is 1.19 bits per heavy atom. The van der Waals surface area contributed by atoms with Gasteiger partial charge in [-0.25, -0.2) is 4.39 Å². The van der Waals surface area contributed by atoms with Crippen LogP contribution in [0.5, 0.6) is 0 Å². The number of aromatic nitrogens is 1. The molecule has 1 aromatic carbocycles. The summed E-state index contributed by atoms with van der Waals surface area (Å²) in [6, 6.07) is 8.24.